The predicted octanol–water partition coefficient (Wildman–Crippen LogP) is 2.34. The van der Waals surface area contributed by atoms with Crippen LogP contribution in [0.1, 0.15) is 11.1 Å². The van der Waals surface area contributed by atoms with E-state index >= 15 is 0 Å². The Bertz CT molecular complexity index is 261. The summed E-state index contributed by atoms with van der Waals surface area (Å²) in [5.74, 6) is 0.567. The minimum Gasteiger partial charge on any atom is -0.379 e. The van der Waals surface area contributed by atoms with Gasteiger partial charge in [0.05, 0.1) is 13.2 Å². The van der Waals surface area contributed by atoms with E-state index in [0.717, 1.165) is 19.7 Å². The van der Waals surface area contributed by atoms with Gasteiger partial charge in [-0.1, -0.05) is 29.8 Å². The van der Waals surface area contributed by atoms with E-state index in [1.807, 2.05) is 0 Å². The highest BCUT2D eigenvalue weighted by molar-refractivity contribution is 6.17. The van der Waals surface area contributed by atoms with Crippen LogP contribution in [0.2, 0.25) is 0 Å². The van der Waals surface area contributed by atoms with Gasteiger partial charge in [-0.15, -0.1) is 11.6 Å². The Morgan fingerprint density at radius 1 is 1.20 bits per heavy atom. The molecule has 2 nitrogen and oxygen atoms in total. The quantitative estimate of drug-likeness (QED) is 0.570. The van der Waals surface area contributed by atoms with Crippen LogP contribution in [0.4, 0.5) is 0 Å². The standard InChI is InChI=1S/C12H18ClNO/c1-11-2-4-12(5-3-11)10-14-7-9-15-8-6-13/h2-5,14H,6-10H2,1H3. The minimum absolute atomic E-state index is 0.567. The molecule has 0 spiro atoms. The SMILES string of the molecule is Cc1ccc(CNCCOCCCl)cc1. The van der Waals surface area contributed by atoms with Crippen molar-refractivity contribution < 1.29 is 4.74 Å². The Balaban J connectivity index is 2.07. The molecule has 0 saturated heterocycles. The van der Waals surface area contributed by atoms with Gasteiger partial charge in [0.1, 0.15) is 0 Å². The van der Waals surface area contributed by atoms with Crippen LogP contribution in [0, 0.1) is 6.92 Å². The summed E-state index contributed by atoms with van der Waals surface area (Å²) in [6.07, 6.45) is 0. The third kappa shape index (κ3) is 5.78. The van der Waals surface area contributed by atoms with Gasteiger partial charge in [-0.05, 0) is 12.5 Å². The Morgan fingerprint density at radius 3 is 2.60 bits per heavy atom. The number of hydrogen-bond donors (Lipinski definition) is 1. The summed E-state index contributed by atoms with van der Waals surface area (Å²) < 4.78 is 5.25. The summed E-state index contributed by atoms with van der Waals surface area (Å²) in [7, 11) is 0. The smallest absolute Gasteiger partial charge is 0.0602 e. The molecule has 0 heterocycles. The number of aryl methyl sites for hydroxylation is 1. The molecule has 0 saturated carbocycles. The summed E-state index contributed by atoms with van der Waals surface area (Å²) in [6, 6.07) is 8.53. The number of benzene rings is 1. The second-order valence-electron chi connectivity index (χ2n) is 3.46. The maximum absolute atomic E-state index is 5.48. The third-order valence-corrected chi connectivity index (χ3v) is 2.25. The molecule has 0 aliphatic heterocycles. The molecule has 0 bridgehead atoms. The molecular formula is C12H18ClNO. The van der Waals surface area contributed by atoms with Crippen LogP contribution in [0.3, 0.4) is 0 Å². The van der Waals surface area contributed by atoms with E-state index in [1.54, 1.807) is 0 Å². The number of nitrogens with one attached hydrogen (secondary N) is 1. The van der Waals surface area contributed by atoms with E-state index in [1.165, 1.54) is 11.1 Å². The van der Waals surface area contributed by atoms with Crippen molar-refractivity contribution in [2.24, 2.45) is 0 Å². The first kappa shape index (κ1) is 12.5. The van der Waals surface area contributed by atoms with E-state index in [0.29, 0.717) is 12.5 Å². The van der Waals surface area contributed by atoms with Gasteiger partial charge in [0.25, 0.3) is 0 Å². The molecule has 1 N–H and O–H groups in total. The lowest BCUT2D eigenvalue weighted by Gasteiger charge is -2.05. The van der Waals surface area contributed by atoms with Crippen LogP contribution in [0.5, 0.6) is 0 Å². The van der Waals surface area contributed by atoms with Crippen molar-refractivity contribution in [2.75, 3.05) is 25.6 Å². The fourth-order valence-corrected chi connectivity index (χ4v) is 1.35. The zero-order chi connectivity index (χ0) is 10.9. The topological polar surface area (TPSA) is 21.3 Å². The molecule has 3 heteroatoms. The Labute approximate surface area is 96.6 Å². The lowest BCUT2D eigenvalue weighted by molar-refractivity contribution is 0.151. The molecule has 15 heavy (non-hydrogen) atoms. The summed E-state index contributed by atoms with van der Waals surface area (Å²) in [5, 5.41) is 3.31. The fraction of sp³-hybridized carbons (Fsp3) is 0.500. The van der Waals surface area contributed by atoms with Crippen molar-refractivity contribution in [1.82, 2.24) is 5.32 Å². The van der Waals surface area contributed by atoms with E-state index < -0.39 is 0 Å². The van der Waals surface area contributed by atoms with Gasteiger partial charge in [-0.3, -0.25) is 0 Å². The highest BCUT2D eigenvalue weighted by Crippen LogP contribution is 2.01. The molecule has 0 aromatic heterocycles. The molecule has 0 radical (unpaired) electrons. The maximum Gasteiger partial charge on any atom is 0.0602 e. The van der Waals surface area contributed by atoms with Crippen LogP contribution in [0.25, 0.3) is 0 Å². The number of ether oxygens (including phenoxy) is 1. The monoisotopic (exact) mass is 227 g/mol. The number of rotatable bonds is 7. The molecule has 0 aliphatic rings. The molecule has 1 aromatic rings. The molecule has 0 aliphatic carbocycles. The lowest BCUT2D eigenvalue weighted by atomic mass is 10.1. The molecule has 0 amide bonds. The Morgan fingerprint density at radius 2 is 1.93 bits per heavy atom. The number of alkyl halides is 1. The molecule has 0 atom stereocenters. The van der Waals surface area contributed by atoms with Crippen LogP contribution in [-0.2, 0) is 11.3 Å². The summed E-state index contributed by atoms with van der Waals surface area (Å²) in [6.45, 7) is 5.21. The van der Waals surface area contributed by atoms with Gasteiger partial charge in [-0.2, -0.15) is 0 Å². The molecule has 84 valence electrons. The highest BCUT2D eigenvalue weighted by Gasteiger charge is 1.92. The molecule has 0 unspecified atom stereocenters. The van der Waals surface area contributed by atoms with Gasteiger partial charge < -0.3 is 10.1 Å². The Kier molecular flexibility index (Phi) is 6.41. The number of halogens is 1. The second-order valence-corrected chi connectivity index (χ2v) is 3.84. The first-order valence-corrected chi connectivity index (χ1v) is 5.76. The first-order valence-electron chi connectivity index (χ1n) is 5.23. The first-order chi connectivity index (χ1) is 7.33. The average Bonchev–Trinajstić information content (AvgIpc) is 2.26. The van der Waals surface area contributed by atoms with Crippen LogP contribution >= 0.6 is 11.6 Å². The van der Waals surface area contributed by atoms with Gasteiger partial charge in [0.15, 0.2) is 0 Å². The van der Waals surface area contributed by atoms with Crippen molar-refractivity contribution in [2.45, 2.75) is 13.5 Å². The van der Waals surface area contributed by atoms with E-state index in [4.69, 9.17) is 16.3 Å². The zero-order valence-corrected chi connectivity index (χ0v) is 9.89. The van der Waals surface area contributed by atoms with Crippen LogP contribution in [-0.4, -0.2) is 25.6 Å². The Hall–Kier alpha value is -0.570. The van der Waals surface area contributed by atoms with Crippen LogP contribution in [0.15, 0.2) is 24.3 Å². The van der Waals surface area contributed by atoms with Crippen molar-refractivity contribution in [3.05, 3.63) is 35.4 Å². The normalized spacial score (nSPS) is 10.5. The predicted molar refractivity (Wildman–Crippen MR) is 64.4 cm³/mol. The van der Waals surface area contributed by atoms with Gasteiger partial charge in [0.2, 0.25) is 0 Å². The van der Waals surface area contributed by atoms with Gasteiger partial charge in [-0.25, -0.2) is 0 Å². The third-order valence-electron chi connectivity index (χ3n) is 2.09. The minimum atomic E-state index is 0.567. The average molecular weight is 228 g/mol. The highest BCUT2D eigenvalue weighted by atomic mass is 35.5. The summed E-state index contributed by atoms with van der Waals surface area (Å²) in [4.78, 5) is 0. The van der Waals surface area contributed by atoms with Crippen LogP contribution < -0.4 is 5.32 Å². The number of hydrogen-bond acceptors (Lipinski definition) is 2. The van der Waals surface area contributed by atoms with Crippen molar-refractivity contribution >= 4 is 11.6 Å². The molecule has 1 aromatic carbocycles. The summed E-state index contributed by atoms with van der Waals surface area (Å²) in [5.41, 5.74) is 2.60. The largest absolute Gasteiger partial charge is 0.379 e. The van der Waals surface area contributed by atoms with E-state index in [9.17, 15) is 0 Å². The summed E-state index contributed by atoms with van der Waals surface area (Å²) >= 11 is 5.48. The van der Waals surface area contributed by atoms with Crippen molar-refractivity contribution in [3.63, 3.8) is 0 Å². The van der Waals surface area contributed by atoms with E-state index in [-0.39, 0.29) is 0 Å². The van der Waals surface area contributed by atoms with Crippen molar-refractivity contribution in [3.8, 4) is 0 Å². The van der Waals surface area contributed by atoms with Gasteiger partial charge >= 0.3 is 0 Å². The molecular weight excluding hydrogens is 210 g/mol. The molecule has 0 fully saturated rings. The fourth-order valence-electron chi connectivity index (χ4n) is 1.24. The lowest BCUT2D eigenvalue weighted by Crippen LogP contribution is -2.19. The maximum atomic E-state index is 5.48. The van der Waals surface area contributed by atoms with Gasteiger partial charge in [0, 0.05) is 19.0 Å². The van der Waals surface area contributed by atoms with Crippen molar-refractivity contribution in [1.29, 1.82) is 0 Å². The molecule has 1 rings (SSSR count). The van der Waals surface area contributed by atoms with E-state index in [2.05, 4.69) is 36.5 Å². The zero-order valence-electron chi connectivity index (χ0n) is 9.13. The second kappa shape index (κ2) is 7.69.